The van der Waals surface area contributed by atoms with E-state index < -0.39 is 11.6 Å². The third-order valence-electron chi connectivity index (χ3n) is 3.44. The maximum atomic E-state index is 13.8. The van der Waals surface area contributed by atoms with Crippen LogP contribution in [0.15, 0.2) is 6.07 Å². The molecule has 118 valence electrons. The molecule has 1 aliphatic rings. The van der Waals surface area contributed by atoms with E-state index in [1.54, 1.807) is 11.9 Å². The SMILES string of the molecule is CCCNc1nc(N(C)CCOCC2CC2)c(F)cc1F. The van der Waals surface area contributed by atoms with Crippen molar-refractivity contribution in [2.75, 3.05) is 43.6 Å². The van der Waals surface area contributed by atoms with Gasteiger partial charge in [-0.05, 0) is 25.2 Å². The van der Waals surface area contributed by atoms with E-state index in [4.69, 9.17) is 4.74 Å². The Balaban J connectivity index is 1.92. The highest BCUT2D eigenvalue weighted by molar-refractivity contribution is 5.48. The van der Waals surface area contributed by atoms with Crippen molar-refractivity contribution in [1.29, 1.82) is 0 Å². The summed E-state index contributed by atoms with van der Waals surface area (Å²) in [7, 11) is 1.73. The van der Waals surface area contributed by atoms with E-state index in [-0.39, 0.29) is 11.6 Å². The van der Waals surface area contributed by atoms with Gasteiger partial charge in [-0.25, -0.2) is 13.8 Å². The van der Waals surface area contributed by atoms with Gasteiger partial charge in [-0.1, -0.05) is 6.92 Å². The number of anilines is 2. The molecule has 2 rings (SSSR count). The minimum Gasteiger partial charge on any atom is -0.379 e. The van der Waals surface area contributed by atoms with Crippen molar-refractivity contribution in [3.8, 4) is 0 Å². The lowest BCUT2D eigenvalue weighted by Crippen LogP contribution is -2.25. The van der Waals surface area contributed by atoms with Crippen LogP contribution in [0.4, 0.5) is 20.4 Å². The van der Waals surface area contributed by atoms with Gasteiger partial charge in [0.15, 0.2) is 23.3 Å². The Bertz CT molecular complexity index is 466. The van der Waals surface area contributed by atoms with Crippen LogP contribution >= 0.6 is 0 Å². The Morgan fingerprint density at radius 2 is 2.14 bits per heavy atom. The molecule has 1 N–H and O–H groups in total. The predicted molar refractivity (Wildman–Crippen MR) is 79.7 cm³/mol. The van der Waals surface area contributed by atoms with Gasteiger partial charge in [-0.2, -0.15) is 0 Å². The molecule has 1 heterocycles. The van der Waals surface area contributed by atoms with E-state index in [2.05, 4.69) is 10.3 Å². The topological polar surface area (TPSA) is 37.4 Å². The van der Waals surface area contributed by atoms with Crippen LogP contribution in [0.25, 0.3) is 0 Å². The summed E-state index contributed by atoms with van der Waals surface area (Å²) >= 11 is 0. The second kappa shape index (κ2) is 7.54. The van der Waals surface area contributed by atoms with Gasteiger partial charge < -0.3 is 15.0 Å². The van der Waals surface area contributed by atoms with Crippen molar-refractivity contribution < 1.29 is 13.5 Å². The van der Waals surface area contributed by atoms with Gasteiger partial charge >= 0.3 is 0 Å². The molecular weight excluding hydrogens is 276 g/mol. The molecule has 0 saturated heterocycles. The first-order valence-corrected chi connectivity index (χ1v) is 7.50. The predicted octanol–water partition coefficient (Wildman–Crippen LogP) is 3.04. The molecule has 4 nitrogen and oxygen atoms in total. The molecule has 0 aliphatic heterocycles. The molecule has 1 aromatic rings. The number of likely N-dealkylation sites (N-methyl/N-ethyl adjacent to an activating group) is 1. The summed E-state index contributed by atoms with van der Waals surface area (Å²) in [5, 5.41) is 2.86. The standard InChI is InChI=1S/C15H23F2N3O/c1-3-6-18-14-12(16)9-13(17)15(19-14)20(2)7-8-21-10-11-4-5-11/h9,11H,3-8,10H2,1-2H3,(H,18,19). The normalized spacial score (nSPS) is 14.3. The Labute approximate surface area is 124 Å². The fraction of sp³-hybridized carbons (Fsp3) is 0.667. The minimum atomic E-state index is -0.664. The van der Waals surface area contributed by atoms with Crippen molar-refractivity contribution >= 4 is 11.6 Å². The number of aromatic nitrogens is 1. The molecule has 0 atom stereocenters. The third-order valence-corrected chi connectivity index (χ3v) is 3.44. The van der Waals surface area contributed by atoms with Crippen LogP contribution in [-0.4, -0.2) is 38.3 Å². The van der Waals surface area contributed by atoms with E-state index in [0.717, 1.165) is 19.1 Å². The number of hydrogen-bond acceptors (Lipinski definition) is 4. The van der Waals surface area contributed by atoms with Crippen LogP contribution in [-0.2, 0) is 4.74 Å². The molecule has 21 heavy (non-hydrogen) atoms. The molecule has 6 heteroatoms. The molecule has 0 spiro atoms. The smallest absolute Gasteiger partial charge is 0.168 e. The van der Waals surface area contributed by atoms with Gasteiger partial charge in [0, 0.05) is 32.8 Å². The average molecular weight is 299 g/mol. The number of hydrogen-bond donors (Lipinski definition) is 1. The first kappa shape index (κ1) is 15.9. The summed E-state index contributed by atoms with van der Waals surface area (Å²) in [6, 6.07) is 0.877. The summed E-state index contributed by atoms with van der Waals surface area (Å²) in [6.07, 6.45) is 3.34. The Hall–Kier alpha value is -1.43. The number of pyridine rings is 1. The average Bonchev–Trinajstić information content (AvgIpc) is 3.26. The lowest BCUT2D eigenvalue weighted by molar-refractivity contribution is 0.130. The largest absolute Gasteiger partial charge is 0.379 e. The molecule has 0 amide bonds. The van der Waals surface area contributed by atoms with Gasteiger partial charge in [-0.3, -0.25) is 0 Å². The van der Waals surface area contributed by atoms with Crippen molar-refractivity contribution in [3.05, 3.63) is 17.7 Å². The zero-order valence-electron chi connectivity index (χ0n) is 12.7. The van der Waals surface area contributed by atoms with Crippen LogP contribution in [0.3, 0.4) is 0 Å². The van der Waals surface area contributed by atoms with E-state index in [9.17, 15) is 8.78 Å². The molecule has 0 aromatic carbocycles. The molecule has 0 unspecified atom stereocenters. The molecule has 1 saturated carbocycles. The van der Waals surface area contributed by atoms with Crippen LogP contribution in [0.5, 0.6) is 0 Å². The maximum Gasteiger partial charge on any atom is 0.168 e. The number of halogens is 2. The van der Waals surface area contributed by atoms with Gasteiger partial charge in [0.25, 0.3) is 0 Å². The number of ether oxygens (including phenoxy) is 1. The van der Waals surface area contributed by atoms with Crippen molar-refractivity contribution in [1.82, 2.24) is 4.98 Å². The fourth-order valence-electron chi connectivity index (χ4n) is 1.93. The molecule has 1 aromatic heterocycles. The number of nitrogens with zero attached hydrogens (tertiary/aromatic N) is 2. The molecule has 0 bridgehead atoms. The van der Waals surface area contributed by atoms with Gasteiger partial charge in [0.2, 0.25) is 0 Å². The zero-order valence-corrected chi connectivity index (χ0v) is 12.7. The van der Waals surface area contributed by atoms with Crippen LogP contribution in [0.1, 0.15) is 26.2 Å². The Morgan fingerprint density at radius 1 is 1.38 bits per heavy atom. The minimum absolute atomic E-state index is 0.0963. The monoisotopic (exact) mass is 299 g/mol. The summed E-state index contributed by atoms with van der Waals surface area (Å²) in [6.45, 7) is 4.39. The van der Waals surface area contributed by atoms with Gasteiger partial charge in [0.1, 0.15) is 0 Å². The second-order valence-electron chi connectivity index (χ2n) is 5.49. The summed E-state index contributed by atoms with van der Waals surface area (Å²) < 4.78 is 33.0. The fourth-order valence-corrected chi connectivity index (χ4v) is 1.93. The lowest BCUT2D eigenvalue weighted by Gasteiger charge is -2.20. The molecular formula is C15H23F2N3O. The van der Waals surface area contributed by atoms with Gasteiger partial charge in [0.05, 0.1) is 6.61 Å². The third kappa shape index (κ3) is 4.81. The van der Waals surface area contributed by atoms with Crippen molar-refractivity contribution in [3.63, 3.8) is 0 Å². The lowest BCUT2D eigenvalue weighted by atomic mass is 10.3. The molecule has 0 radical (unpaired) electrons. The second-order valence-corrected chi connectivity index (χ2v) is 5.49. The molecule has 1 aliphatic carbocycles. The number of rotatable bonds is 9. The van der Waals surface area contributed by atoms with E-state index in [1.807, 2.05) is 6.92 Å². The summed E-state index contributed by atoms with van der Waals surface area (Å²) in [5.41, 5.74) is 0. The summed E-state index contributed by atoms with van der Waals surface area (Å²) in [4.78, 5) is 5.70. The first-order valence-electron chi connectivity index (χ1n) is 7.50. The highest BCUT2D eigenvalue weighted by Crippen LogP contribution is 2.28. The Morgan fingerprint density at radius 3 is 2.81 bits per heavy atom. The summed E-state index contributed by atoms with van der Waals surface area (Å²) in [5.74, 6) is -0.368. The Kier molecular flexibility index (Phi) is 5.73. The highest BCUT2D eigenvalue weighted by Gasteiger charge is 2.21. The van der Waals surface area contributed by atoms with E-state index in [0.29, 0.717) is 25.6 Å². The zero-order chi connectivity index (χ0) is 15.2. The van der Waals surface area contributed by atoms with E-state index >= 15 is 0 Å². The highest BCUT2D eigenvalue weighted by atomic mass is 19.1. The maximum absolute atomic E-state index is 13.8. The van der Waals surface area contributed by atoms with Crippen LogP contribution < -0.4 is 10.2 Å². The molecule has 1 fully saturated rings. The first-order chi connectivity index (χ1) is 10.1. The number of nitrogens with one attached hydrogen (secondary N) is 1. The van der Waals surface area contributed by atoms with Crippen LogP contribution in [0.2, 0.25) is 0 Å². The van der Waals surface area contributed by atoms with Crippen molar-refractivity contribution in [2.24, 2.45) is 5.92 Å². The quantitative estimate of drug-likeness (QED) is 0.711. The van der Waals surface area contributed by atoms with Crippen LogP contribution in [0, 0.1) is 17.6 Å². The van der Waals surface area contributed by atoms with Crippen molar-refractivity contribution in [2.45, 2.75) is 26.2 Å². The van der Waals surface area contributed by atoms with E-state index in [1.165, 1.54) is 12.8 Å². The van der Waals surface area contributed by atoms with Gasteiger partial charge in [-0.15, -0.1) is 0 Å².